The van der Waals surface area contributed by atoms with Crippen LogP contribution >= 0.6 is 11.3 Å². The van der Waals surface area contributed by atoms with Crippen molar-refractivity contribution in [1.82, 2.24) is 10.2 Å². The fourth-order valence-corrected chi connectivity index (χ4v) is 5.94. The molecule has 1 fully saturated rings. The van der Waals surface area contributed by atoms with Crippen molar-refractivity contribution in [1.29, 1.82) is 0 Å². The van der Waals surface area contributed by atoms with Gasteiger partial charge in [-0.25, -0.2) is 4.39 Å². The second-order valence-corrected chi connectivity index (χ2v) is 9.50. The van der Waals surface area contributed by atoms with Crippen LogP contribution in [0, 0.1) is 5.82 Å². The lowest BCUT2D eigenvalue weighted by atomic mass is 9.80. The molecule has 1 N–H and O–H groups in total. The number of carbonyl (C=O) groups is 2. The Kier molecular flexibility index (Phi) is 5.79. The van der Waals surface area contributed by atoms with Crippen molar-refractivity contribution in [3.63, 3.8) is 0 Å². The Morgan fingerprint density at radius 1 is 1.03 bits per heavy atom. The van der Waals surface area contributed by atoms with Gasteiger partial charge in [-0.1, -0.05) is 49.2 Å². The minimum absolute atomic E-state index is 0.0217. The molecule has 1 saturated carbocycles. The van der Waals surface area contributed by atoms with E-state index in [9.17, 15) is 14.0 Å². The van der Waals surface area contributed by atoms with Gasteiger partial charge < -0.3 is 10.2 Å². The van der Waals surface area contributed by atoms with E-state index < -0.39 is 5.92 Å². The average Bonchev–Trinajstić information content (AvgIpc) is 3.53. The van der Waals surface area contributed by atoms with E-state index in [0.29, 0.717) is 12.1 Å². The van der Waals surface area contributed by atoms with Gasteiger partial charge in [-0.3, -0.25) is 9.59 Å². The van der Waals surface area contributed by atoms with Crippen LogP contribution in [-0.4, -0.2) is 22.8 Å². The van der Waals surface area contributed by atoms with Gasteiger partial charge >= 0.3 is 0 Å². The van der Waals surface area contributed by atoms with E-state index in [1.54, 1.807) is 23.5 Å². The van der Waals surface area contributed by atoms with Crippen LogP contribution in [0.5, 0.6) is 0 Å². The van der Waals surface area contributed by atoms with Crippen LogP contribution in [0.4, 0.5) is 4.39 Å². The van der Waals surface area contributed by atoms with Gasteiger partial charge in [-0.05, 0) is 53.6 Å². The summed E-state index contributed by atoms with van der Waals surface area (Å²) in [6.07, 6.45) is 4.16. The molecule has 2 heterocycles. The highest BCUT2D eigenvalue weighted by atomic mass is 32.1. The summed E-state index contributed by atoms with van der Waals surface area (Å²) in [7, 11) is 0. The summed E-state index contributed by atoms with van der Waals surface area (Å²) in [5, 5.41) is 5.05. The summed E-state index contributed by atoms with van der Waals surface area (Å²) < 4.78 is 13.3. The summed E-state index contributed by atoms with van der Waals surface area (Å²) in [4.78, 5) is 30.3. The molecular weight excluding hydrogens is 423 g/mol. The summed E-state index contributed by atoms with van der Waals surface area (Å²) >= 11 is 1.59. The number of thiophene rings is 1. The van der Waals surface area contributed by atoms with Crippen molar-refractivity contribution < 1.29 is 14.0 Å². The zero-order chi connectivity index (χ0) is 22.1. The number of fused-ring (bicyclic) bond motifs is 1. The lowest BCUT2D eigenvalue weighted by Gasteiger charge is -2.44. The lowest BCUT2D eigenvalue weighted by molar-refractivity contribution is -0.124. The third kappa shape index (κ3) is 3.84. The van der Waals surface area contributed by atoms with E-state index in [1.165, 1.54) is 12.1 Å². The molecule has 2 aromatic carbocycles. The van der Waals surface area contributed by atoms with E-state index >= 15 is 0 Å². The molecule has 32 heavy (non-hydrogen) atoms. The van der Waals surface area contributed by atoms with E-state index in [2.05, 4.69) is 5.32 Å². The van der Waals surface area contributed by atoms with Crippen LogP contribution in [0.3, 0.4) is 0 Å². The standard InChI is InChI=1S/C26H25FN2O2S/c27-18-13-11-17(12-14-18)16-28-25(30)23-20-8-3-4-9-21(20)26(31)29(19-6-1-2-7-19)24(23)22-10-5-15-32-22/h3-5,8-15,19,23-24H,1-2,6-7,16H2,(H,28,30)/t23-,24+/m1/s1. The number of nitrogens with one attached hydrogen (secondary N) is 1. The maximum atomic E-state index is 13.7. The smallest absolute Gasteiger partial charge is 0.254 e. The van der Waals surface area contributed by atoms with Crippen molar-refractivity contribution in [2.24, 2.45) is 0 Å². The molecule has 0 radical (unpaired) electrons. The topological polar surface area (TPSA) is 49.4 Å². The highest BCUT2D eigenvalue weighted by molar-refractivity contribution is 7.10. The Morgan fingerprint density at radius 2 is 1.78 bits per heavy atom. The molecule has 0 bridgehead atoms. The van der Waals surface area contributed by atoms with Gasteiger partial charge in [0.1, 0.15) is 5.82 Å². The molecule has 1 aromatic heterocycles. The Balaban J connectivity index is 1.53. The normalized spacial score (nSPS) is 20.9. The Morgan fingerprint density at radius 3 is 2.50 bits per heavy atom. The highest BCUT2D eigenvalue weighted by Gasteiger charge is 2.47. The predicted molar refractivity (Wildman–Crippen MR) is 123 cm³/mol. The Hall–Kier alpha value is -2.99. The fourth-order valence-electron chi connectivity index (χ4n) is 5.08. The summed E-state index contributed by atoms with van der Waals surface area (Å²) in [5.41, 5.74) is 2.23. The largest absolute Gasteiger partial charge is 0.351 e. The average molecular weight is 449 g/mol. The second-order valence-electron chi connectivity index (χ2n) is 8.52. The molecule has 1 aliphatic carbocycles. The second kappa shape index (κ2) is 8.87. The third-order valence-electron chi connectivity index (χ3n) is 6.59. The Bertz CT molecular complexity index is 1110. The third-order valence-corrected chi connectivity index (χ3v) is 7.53. The van der Waals surface area contributed by atoms with E-state index in [4.69, 9.17) is 0 Å². The zero-order valence-electron chi connectivity index (χ0n) is 17.7. The van der Waals surface area contributed by atoms with E-state index in [1.807, 2.05) is 46.7 Å². The van der Waals surface area contributed by atoms with Crippen molar-refractivity contribution in [3.05, 3.63) is 93.4 Å². The van der Waals surface area contributed by atoms with Crippen LogP contribution in [0.2, 0.25) is 0 Å². The van der Waals surface area contributed by atoms with E-state index in [-0.39, 0.29) is 29.7 Å². The SMILES string of the molecule is O=C(NCc1ccc(F)cc1)[C@@H]1c2ccccc2C(=O)N(C2CCCC2)[C@H]1c1cccs1. The summed E-state index contributed by atoms with van der Waals surface area (Å²) in [5.74, 6) is -0.891. The molecule has 1 aliphatic heterocycles. The summed E-state index contributed by atoms with van der Waals surface area (Å²) in [6.45, 7) is 0.312. The molecule has 0 unspecified atom stereocenters. The monoisotopic (exact) mass is 448 g/mol. The van der Waals surface area contributed by atoms with Crippen LogP contribution < -0.4 is 5.32 Å². The first-order valence-electron chi connectivity index (χ1n) is 11.1. The Labute approximate surface area is 191 Å². The maximum Gasteiger partial charge on any atom is 0.254 e. The minimum Gasteiger partial charge on any atom is -0.351 e. The van der Waals surface area contributed by atoms with Crippen LogP contribution in [-0.2, 0) is 11.3 Å². The number of carbonyl (C=O) groups excluding carboxylic acids is 2. The molecule has 2 aliphatic rings. The summed E-state index contributed by atoms with van der Waals surface area (Å²) in [6, 6.07) is 17.5. The first-order valence-corrected chi connectivity index (χ1v) is 12.0. The molecule has 5 rings (SSSR count). The number of amides is 2. The number of halogens is 1. The van der Waals surface area contributed by atoms with Crippen LogP contribution in [0.1, 0.15) is 64.0 Å². The molecule has 4 nitrogen and oxygen atoms in total. The van der Waals surface area contributed by atoms with Gasteiger partial charge in [-0.15, -0.1) is 11.3 Å². The number of hydrogen-bond donors (Lipinski definition) is 1. The lowest BCUT2D eigenvalue weighted by Crippen LogP contribution is -2.50. The number of hydrogen-bond acceptors (Lipinski definition) is 3. The van der Waals surface area contributed by atoms with Crippen molar-refractivity contribution in [3.8, 4) is 0 Å². The molecule has 0 saturated heterocycles. The van der Waals surface area contributed by atoms with Gasteiger partial charge in [0, 0.05) is 23.0 Å². The minimum atomic E-state index is -0.497. The molecule has 2 amide bonds. The van der Waals surface area contributed by atoms with Crippen LogP contribution in [0.25, 0.3) is 0 Å². The fraction of sp³-hybridized carbons (Fsp3) is 0.308. The van der Waals surface area contributed by atoms with Crippen molar-refractivity contribution >= 4 is 23.2 Å². The van der Waals surface area contributed by atoms with Crippen molar-refractivity contribution in [2.45, 2.75) is 50.2 Å². The number of nitrogens with zero attached hydrogens (tertiary/aromatic N) is 1. The van der Waals surface area contributed by atoms with Gasteiger partial charge in [0.2, 0.25) is 5.91 Å². The first-order chi connectivity index (χ1) is 15.6. The molecule has 3 aromatic rings. The quantitative estimate of drug-likeness (QED) is 0.566. The van der Waals surface area contributed by atoms with Gasteiger partial charge in [-0.2, -0.15) is 0 Å². The molecule has 0 spiro atoms. The molecule has 6 heteroatoms. The van der Waals surface area contributed by atoms with Gasteiger partial charge in [0.15, 0.2) is 0 Å². The molecule has 164 valence electrons. The predicted octanol–water partition coefficient (Wildman–Crippen LogP) is 5.43. The zero-order valence-corrected chi connectivity index (χ0v) is 18.5. The van der Waals surface area contributed by atoms with Gasteiger partial charge in [0.05, 0.1) is 12.0 Å². The van der Waals surface area contributed by atoms with E-state index in [0.717, 1.165) is 41.7 Å². The first kappa shape index (κ1) is 20.9. The number of rotatable bonds is 5. The van der Waals surface area contributed by atoms with Crippen LogP contribution in [0.15, 0.2) is 66.0 Å². The molecular formula is C26H25FN2O2S. The van der Waals surface area contributed by atoms with Crippen molar-refractivity contribution in [2.75, 3.05) is 0 Å². The molecule has 2 atom stereocenters. The number of benzene rings is 2. The maximum absolute atomic E-state index is 13.7. The van der Waals surface area contributed by atoms with Gasteiger partial charge in [0.25, 0.3) is 5.91 Å². The highest BCUT2D eigenvalue weighted by Crippen LogP contribution is 2.47.